The molecule has 0 spiro atoms. The van der Waals surface area contributed by atoms with Gasteiger partial charge in [0.25, 0.3) is 0 Å². The summed E-state index contributed by atoms with van der Waals surface area (Å²) in [7, 11) is 1.71. The Kier molecular flexibility index (Phi) is 7.42. The molecule has 3 rings (SSSR count). The Balaban J connectivity index is 1.41. The number of benzene rings is 1. The van der Waals surface area contributed by atoms with Gasteiger partial charge in [-0.3, -0.25) is 9.79 Å². The lowest BCUT2D eigenvalue weighted by Gasteiger charge is -2.20. The van der Waals surface area contributed by atoms with Crippen LogP contribution in [0.2, 0.25) is 0 Å². The maximum atomic E-state index is 13.9. The largest absolute Gasteiger partial charge is 0.492 e. The Bertz CT molecular complexity index is 891. The SMILES string of the molecule is CN=C(NCCOc1cccc(NC(C)=O)c1)NC1CCN(c2ncccc2F)C1. The molecule has 0 saturated carbocycles. The van der Waals surface area contributed by atoms with Crippen molar-refractivity contribution in [1.29, 1.82) is 0 Å². The summed E-state index contributed by atoms with van der Waals surface area (Å²) in [5.74, 6) is 1.30. The van der Waals surface area contributed by atoms with Crippen molar-refractivity contribution in [1.82, 2.24) is 15.6 Å². The second kappa shape index (κ2) is 10.4. The highest BCUT2D eigenvalue weighted by Crippen LogP contribution is 2.20. The van der Waals surface area contributed by atoms with Crippen molar-refractivity contribution in [3.05, 3.63) is 48.4 Å². The molecule has 2 aromatic rings. The number of pyridine rings is 1. The number of hydrogen-bond donors (Lipinski definition) is 3. The van der Waals surface area contributed by atoms with Crippen LogP contribution >= 0.6 is 0 Å². The minimum absolute atomic E-state index is 0.125. The molecule has 1 aliphatic rings. The lowest BCUT2D eigenvalue weighted by Crippen LogP contribution is -2.45. The van der Waals surface area contributed by atoms with E-state index in [0.29, 0.717) is 42.9 Å². The van der Waals surface area contributed by atoms with E-state index in [1.807, 2.05) is 17.0 Å². The van der Waals surface area contributed by atoms with E-state index in [0.717, 1.165) is 13.0 Å². The Morgan fingerprint density at radius 3 is 3.00 bits per heavy atom. The zero-order chi connectivity index (χ0) is 21.3. The van der Waals surface area contributed by atoms with Crippen molar-refractivity contribution >= 4 is 23.4 Å². The van der Waals surface area contributed by atoms with E-state index >= 15 is 0 Å². The molecule has 3 N–H and O–H groups in total. The second-order valence-corrected chi connectivity index (χ2v) is 6.94. The standard InChI is InChI=1S/C21H27FN6O2/c1-15(29)26-16-5-3-6-18(13-16)30-12-10-25-21(23-2)27-17-8-11-28(14-17)20-19(22)7-4-9-24-20/h3-7,9,13,17H,8,10-12,14H2,1-2H3,(H,26,29)(H2,23,25,27). The number of anilines is 2. The van der Waals surface area contributed by atoms with Crippen molar-refractivity contribution in [2.45, 2.75) is 19.4 Å². The average molecular weight is 414 g/mol. The Morgan fingerprint density at radius 1 is 1.37 bits per heavy atom. The van der Waals surface area contributed by atoms with Gasteiger partial charge >= 0.3 is 0 Å². The van der Waals surface area contributed by atoms with Crippen LogP contribution < -0.4 is 25.6 Å². The molecule has 1 aliphatic heterocycles. The zero-order valence-corrected chi connectivity index (χ0v) is 17.2. The number of nitrogens with zero attached hydrogens (tertiary/aromatic N) is 3. The van der Waals surface area contributed by atoms with Crippen LogP contribution in [-0.2, 0) is 4.79 Å². The van der Waals surface area contributed by atoms with Crippen LogP contribution in [0.25, 0.3) is 0 Å². The first-order valence-corrected chi connectivity index (χ1v) is 9.88. The first-order valence-electron chi connectivity index (χ1n) is 9.88. The molecule has 0 radical (unpaired) electrons. The van der Waals surface area contributed by atoms with Crippen LogP contribution in [0.15, 0.2) is 47.6 Å². The molecule has 1 aromatic carbocycles. The quantitative estimate of drug-likeness (QED) is 0.365. The van der Waals surface area contributed by atoms with Crippen molar-refractivity contribution in [3.8, 4) is 5.75 Å². The Hall–Kier alpha value is -3.36. The lowest BCUT2D eigenvalue weighted by atomic mass is 10.3. The second-order valence-electron chi connectivity index (χ2n) is 6.94. The third-order valence-corrected chi connectivity index (χ3v) is 4.61. The molecular weight excluding hydrogens is 387 g/mol. The molecule has 2 heterocycles. The van der Waals surface area contributed by atoms with Gasteiger partial charge in [-0.25, -0.2) is 9.37 Å². The molecule has 1 unspecified atom stereocenters. The van der Waals surface area contributed by atoms with Gasteiger partial charge in [-0.1, -0.05) is 6.07 Å². The Morgan fingerprint density at radius 2 is 2.23 bits per heavy atom. The smallest absolute Gasteiger partial charge is 0.221 e. The third kappa shape index (κ3) is 6.07. The summed E-state index contributed by atoms with van der Waals surface area (Å²) in [6.45, 7) is 3.83. The molecular formula is C21H27FN6O2. The predicted molar refractivity (Wildman–Crippen MR) is 116 cm³/mol. The summed E-state index contributed by atoms with van der Waals surface area (Å²) < 4.78 is 19.7. The highest BCUT2D eigenvalue weighted by molar-refractivity contribution is 5.88. The fourth-order valence-electron chi connectivity index (χ4n) is 3.27. The first kappa shape index (κ1) is 21.4. The number of hydrogen-bond acceptors (Lipinski definition) is 5. The number of halogens is 1. The van der Waals surface area contributed by atoms with E-state index in [-0.39, 0.29) is 17.8 Å². The normalized spacial score (nSPS) is 16.3. The summed E-state index contributed by atoms with van der Waals surface area (Å²) in [5.41, 5.74) is 0.695. The van der Waals surface area contributed by atoms with Gasteiger partial charge in [0.1, 0.15) is 12.4 Å². The van der Waals surface area contributed by atoms with E-state index in [4.69, 9.17) is 4.74 Å². The maximum Gasteiger partial charge on any atom is 0.221 e. The molecule has 9 heteroatoms. The van der Waals surface area contributed by atoms with E-state index < -0.39 is 0 Å². The molecule has 1 fully saturated rings. The number of amides is 1. The minimum atomic E-state index is -0.305. The molecule has 1 amide bonds. The number of guanidine groups is 1. The predicted octanol–water partition coefficient (Wildman–Crippen LogP) is 2.00. The van der Waals surface area contributed by atoms with Crippen molar-refractivity contribution in [2.24, 2.45) is 4.99 Å². The molecule has 160 valence electrons. The van der Waals surface area contributed by atoms with Gasteiger partial charge in [-0.15, -0.1) is 0 Å². The number of carbonyl (C=O) groups excluding carboxylic acids is 1. The molecule has 8 nitrogen and oxygen atoms in total. The van der Waals surface area contributed by atoms with Crippen LogP contribution in [0.3, 0.4) is 0 Å². The van der Waals surface area contributed by atoms with Crippen LogP contribution in [0.5, 0.6) is 5.75 Å². The third-order valence-electron chi connectivity index (χ3n) is 4.61. The van der Waals surface area contributed by atoms with Crippen molar-refractivity contribution in [2.75, 3.05) is 43.5 Å². The van der Waals surface area contributed by atoms with Gasteiger partial charge in [0.2, 0.25) is 5.91 Å². The number of nitrogens with one attached hydrogen (secondary N) is 3. The van der Waals surface area contributed by atoms with Gasteiger partial charge in [0.05, 0.1) is 6.54 Å². The number of carbonyl (C=O) groups is 1. The topological polar surface area (TPSA) is 90.9 Å². The molecule has 1 aromatic heterocycles. The molecule has 0 aliphatic carbocycles. The summed E-state index contributed by atoms with van der Waals surface area (Å²) in [4.78, 5) is 21.5. The Labute approximate surface area is 175 Å². The summed E-state index contributed by atoms with van der Waals surface area (Å²) in [6, 6.07) is 10.4. The summed E-state index contributed by atoms with van der Waals surface area (Å²) in [6.07, 6.45) is 2.47. The van der Waals surface area contributed by atoms with Gasteiger partial charge in [-0.05, 0) is 30.7 Å². The van der Waals surface area contributed by atoms with E-state index in [1.165, 1.54) is 13.0 Å². The highest BCUT2D eigenvalue weighted by Gasteiger charge is 2.25. The molecule has 0 bridgehead atoms. The van der Waals surface area contributed by atoms with E-state index in [1.54, 1.807) is 31.4 Å². The summed E-state index contributed by atoms with van der Waals surface area (Å²) >= 11 is 0. The van der Waals surface area contributed by atoms with Crippen LogP contribution in [-0.4, -0.2) is 56.2 Å². The average Bonchev–Trinajstić information content (AvgIpc) is 3.18. The molecule has 1 atom stereocenters. The molecule has 1 saturated heterocycles. The number of aliphatic imine (C=N–C) groups is 1. The van der Waals surface area contributed by atoms with Gasteiger partial charge in [-0.2, -0.15) is 0 Å². The lowest BCUT2D eigenvalue weighted by molar-refractivity contribution is -0.114. The maximum absolute atomic E-state index is 13.9. The summed E-state index contributed by atoms with van der Waals surface area (Å²) in [5, 5.41) is 9.30. The monoisotopic (exact) mass is 414 g/mol. The fraction of sp³-hybridized carbons (Fsp3) is 0.381. The van der Waals surface area contributed by atoms with Gasteiger partial charge in [0, 0.05) is 51.1 Å². The van der Waals surface area contributed by atoms with E-state index in [2.05, 4.69) is 25.9 Å². The highest BCUT2D eigenvalue weighted by atomic mass is 19.1. The van der Waals surface area contributed by atoms with Gasteiger partial charge < -0.3 is 25.6 Å². The van der Waals surface area contributed by atoms with Crippen LogP contribution in [0.4, 0.5) is 15.9 Å². The van der Waals surface area contributed by atoms with Crippen LogP contribution in [0, 0.1) is 5.82 Å². The number of ether oxygens (including phenoxy) is 1. The molecule has 30 heavy (non-hydrogen) atoms. The number of aromatic nitrogens is 1. The zero-order valence-electron chi connectivity index (χ0n) is 17.2. The fourth-order valence-corrected chi connectivity index (χ4v) is 3.27. The van der Waals surface area contributed by atoms with Crippen molar-refractivity contribution in [3.63, 3.8) is 0 Å². The number of rotatable bonds is 7. The van der Waals surface area contributed by atoms with Crippen LogP contribution in [0.1, 0.15) is 13.3 Å². The minimum Gasteiger partial charge on any atom is -0.492 e. The van der Waals surface area contributed by atoms with Crippen molar-refractivity contribution < 1.29 is 13.9 Å². The first-order chi connectivity index (χ1) is 14.5. The van der Waals surface area contributed by atoms with E-state index in [9.17, 15) is 9.18 Å². The van der Waals surface area contributed by atoms with Gasteiger partial charge in [0.15, 0.2) is 17.6 Å².